The molecule has 2 aromatic carbocycles. The third kappa shape index (κ3) is 13.7. The number of ether oxygens (including phenoxy) is 3. The number of piperazine rings is 1. The second-order valence-corrected chi connectivity index (χ2v) is 20.9. The zero-order chi connectivity index (χ0) is 55.1. The van der Waals surface area contributed by atoms with Crippen LogP contribution in [0.15, 0.2) is 79.1 Å². The number of carbonyl (C=O) groups is 4. The fourth-order valence-corrected chi connectivity index (χ4v) is 9.55. The van der Waals surface area contributed by atoms with Crippen molar-refractivity contribution in [2.45, 2.75) is 109 Å². The van der Waals surface area contributed by atoms with Crippen molar-refractivity contribution in [3.8, 4) is 23.1 Å². The highest BCUT2D eigenvalue weighted by atomic mass is 19.4. The van der Waals surface area contributed by atoms with Crippen molar-refractivity contribution >= 4 is 29.8 Å². The molecule has 0 saturated carbocycles. The summed E-state index contributed by atoms with van der Waals surface area (Å²) in [5.41, 5.74) is 0.101. The summed E-state index contributed by atoms with van der Waals surface area (Å²) in [6.07, 6.45) is -4.04. The molecule has 3 aliphatic heterocycles. The van der Waals surface area contributed by atoms with Gasteiger partial charge in [-0.15, -0.1) is 0 Å². The second kappa shape index (κ2) is 24.0. The van der Waals surface area contributed by atoms with Gasteiger partial charge in [0.25, 0.3) is 5.91 Å². The lowest BCUT2D eigenvalue weighted by Crippen LogP contribution is -2.63. The van der Waals surface area contributed by atoms with Gasteiger partial charge in [0.05, 0.1) is 56.7 Å². The van der Waals surface area contributed by atoms with Crippen molar-refractivity contribution in [1.29, 1.82) is 0 Å². The number of benzene rings is 2. The molecule has 2 aromatic heterocycles. The summed E-state index contributed by atoms with van der Waals surface area (Å²) < 4.78 is 90.5. The first-order chi connectivity index (χ1) is 35.9. The van der Waals surface area contributed by atoms with E-state index in [1.807, 2.05) is 17.4 Å². The van der Waals surface area contributed by atoms with Gasteiger partial charge >= 0.3 is 18.4 Å². The molecule has 6 atom stereocenters. The maximum Gasteiger partial charge on any atom is 0.407 e. The number of aliphatic hydroxyl groups excluding tert-OH is 1. The summed E-state index contributed by atoms with van der Waals surface area (Å²) in [5, 5.41) is 20.0. The van der Waals surface area contributed by atoms with Gasteiger partial charge in [-0.25, -0.2) is 28.4 Å². The third-order valence-corrected chi connectivity index (χ3v) is 14.1. The number of fused-ring (bicyclic) bond motifs is 2. The van der Waals surface area contributed by atoms with E-state index >= 15 is 8.78 Å². The first kappa shape index (κ1) is 56.8. The van der Waals surface area contributed by atoms with Crippen LogP contribution in [0.1, 0.15) is 69.7 Å². The number of methoxy groups -OCH3 is 2. The minimum Gasteiger partial charge on any atom is -0.453 e. The number of anilines is 1. The van der Waals surface area contributed by atoms with E-state index in [1.54, 1.807) is 69.4 Å². The van der Waals surface area contributed by atoms with E-state index in [0.717, 1.165) is 76.3 Å². The summed E-state index contributed by atoms with van der Waals surface area (Å²) in [4.78, 5) is 66.8. The number of carbonyl (C=O) groups excluding carboxylic acids is 4. The number of nitrogens with zero attached hydrogens (tertiary/aromatic N) is 5. The quantitative estimate of drug-likeness (QED) is 0.0478. The number of halogens is 5. The summed E-state index contributed by atoms with van der Waals surface area (Å²) in [6, 6.07) is 13.6. The Kier molecular flexibility index (Phi) is 17.9. The van der Waals surface area contributed by atoms with Gasteiger partial charge < -0.3 is 40.2 Å². The van der Waals surface area contributed by atoms with Crippen molar-refractivity contribution in [1.82, 2.24) is 41.3 Å². The van der Waals surface area contributed by atoms with Crippen LogP contribution in [0.4, 0.5) is 37.4 Å². The molecule has 2 unspecified atom stereocenters. The molecule has 22 heteroatoms. The van der Waals surface area contributed by atoms with Gasteiger partial charge in [-0.05, 0) is 92.6 Å². The van der Waals surface area contributed by atoms with E-state index in [9.17, 15) is 37.5 Å². The Morgan fingerprint density at radius 3 is 1.93 bits per heavy atom. The Labute approximate surface area is 438 Å². The number of pyridine rings is 2. The maximum absolute atomic E-state index is 16.0. The van der Waals surface area contributed by atoms with Gasteiger partial charge in [0.15, 0.2) is 0 Å². The van der Waals surface area contributed by atoms with Gasteiger partial charge in [0.2, 0.25) is 5.91 Å². The highest BCUT2D eigenvalue weighted by Crippen LogP contribution is 2.41. The molecular weight excluding hydrogens is 998 g/mol. The Morgan fingerprint density at radius 1 is 0.803 bits per heavy atom. The lowest BCUT2D eigenvalue weighted by molar-refractivity contribution is -0.220. The topological polar surface area (TPSA) is 200 Å². The number of hydrogen-bond donors (Lipinski definition) is 5. The van der Waals surface area contributed by atoms with Gasteiger partial charge in [-0.1, -0.05) is 50.8 Å². The van der Waals surface area contributed by atoms with E-state index < -0.39 is 95.5 Å². The maximum atomic E-state index is 16.0. The third-order valence-electron chi connectivity index (χ3n) is 14.1. The molecule has 76 heavy (non-hydrogen) atoms. The predicted molar refractivity (Wildman–Crippen MR) is 270 cm³/mol. The molecule has 7 rings (SSSR count). The number of rotatable bonds is 17. The van der Waals surface area contributed by atoms with E-state index in [4.69, 9.17) is 14.5 Å². The summed E-state index contributed by atoms with van der Waals surface area (Å²) in [6.45, 7) is 8.14. The summed E-state index contributed by atoms with van der Waals surface area (Å²) in [7, 11) is 1.99. The fraction of sp³-hybridized carbons (Fsp3) is 0.481. The molecule has 5 N–H and O–H groups in total. The first-order valence-electron chi connectivity index (χ1n) is 24.8. The molecule has 4 amide bonds. The average Bonchev–Trinajstić information content (AvgIpc) is 3.61. The minimum atomic E-state index is -5.05. The Morgan fingerprint density at radius 2 is 1.41 bits per heavy atom. The smallest absolute Gasteiger partial charge is 0.407 e. The molecule has 5 heterocycles. The Bertz CT molecular complexity index is 2710. The van der Waals surface area contributed by atoms with E-state index in [-0.39, 0.29) is 17.7 Å². The zero-order valence-corrected chi connectivity index (χ0v) is 43.3. The molecule has 3 fully saturated rings. The van der Waals surface area contributed by atoms with Gasteiger partial charge in [0.1, 0.15) is 29.5 Å². The highest BCUT2D eigenvalue weighted by molar-refractivity contribution is 5.87. The van der Waals surface area contributed by atoms with Gasteiger partial charge in [-0.3, -0.25) is 24.9 Å². The average molecular weight is 1060 g/mol. The number of aliphatic hydroxyl groups is 1. The lowest BCUT2D eigenvalue weighted by atomic mass is 9.82. The number of alkyl carbamates (subject to hydrolysis) is 2. The number of nitrogens with one attached hydrogen (secondary N) is 4. The molecule has 3 saturated heterocycles. The van der Waals surface area contributed by atoms with E-state index in [1.165, 1.54) is 6.20 Å². The van der Waals surface area contributed by atoms with Crippen molar-refractivity contribution in [2.75, 3.05) is 52.0 Å². The lowest BCUT2D eigenvalue weighted by Gasteiger charge is -2.47. The number of hydrogen-bond acceptors (Lipinski definition) is 13. The van der Waals surface area contributed by atoms with E-state index in [2.05, 4.69) is 47.4 Å². The number of hydrazine groups is 1. The molecule has 4 aromatic rings. The van der Waals surface area contributed by atoms with Crippen molar-refractivity contribution in [3.63, 3.8) is 0 Å². The van der Waals surface area contributed by atoms with Crippen LogP contribution < -0.4 is 26.3 Å². The van der Waals surface area contributed by atoms with Crippen molar-refractivity contribution in [2.24, 2.45) is 10.8 Å². The van der Waals surface area contributed by atoms with E-state index in [0.29, 0.717) is 48.7 Å². The molecular formula is C54H64F5N9O8. The fourth-order valence-electron chi connectivity index (χ4n) is 9.55. The van der Waals surface area contributed by atoms with Crippen LogP contribution in [0.2, 0.25) is 0 Å². The molecule has 408 valence electrons. The van der Waals surface area contributed by atoms with Gasteiger partial charge in [-0.2, -0.15) is 13.2 Å². The zero-order valence-electron chi connectivity index (χ0n) is 43.3. The molecule has 0 aliphatic carbocycles. The van der Waals surface area contributed by atoms with Gasteiger partial charge in [0, 0.05) is 72.9 Å². The molecule has 0 spiro atoms. The SMILES string of the molecule is COC(=O)N[C@H](C(=O)NN(Cc1c(F)cc(-c2ccccn2)cc1F)C[C@H](O)[C@H](Cc1ccc(C#Cc2ccc(N3CC4CCC(C3)N4C3COC3)nc2)cc1)NC(=O)[C@@H](NC(=O)OC)C(C)(C)C(F)(F)F)C(C)(C)C. The predicted octanol–water partition coefficient (Wildman–Crippen LogP) is 5.88. The standard InChI is InChI=1S/C54H64F5N9O8/c1-52(2,3)46(63-50(72)74-6)49(71)65-67(28-39-40(55)23-35(24-41(39)56)42-10-8-9-21-60-42)29-44(69)43(62-48(70)47(64-51(73)75-7)53(4,5)54(57,58)59)22-33-14-11-32(12-15-33)13-16-34-17-20-45(61-25-34)66-26-36-18-19-37(27-66)68(36)38-30-76-31-38/h8-12,14-15,17,20-21,23-25,36-38,43-44,46-47,69H,18-19,22,26-31H2,1-7H3,(H,62,70)(H,63,72)(H,64,73)(H,65,71)/t36?,37?,43-,44-,46+,47+/m0/s1. The van der Waals surface area contributed by atoms with Crippen LogP contribution in [0, 0.1) is 34.3 Å². The highest BCUT2D eigenvalue weighted by Gasteiger charge is 2.56. The van der Waals surface area contributed by atoms with Crippen LogP contribution in [0.5, 0.6) is 0 Å². The molecule has 3 aliphatic rings. The van der Waals surface area contributed by atoms with Crippen LogP contribution >= 0.6 is 0 Å². The van der Waals surface area contributed by atoms with Crippen LogP contribution in [-0.2, 0) is 36.8 Å². The normalized spacial score (nSPS) is 18.5. The summed E-state index contributed by atoms with van der Waals surface area (Å²) in [5.74, 6) is 2.70. The number of amides is 4. The first-order valence-corrected chi connectivity index (χ1v) is 24.8. The molecule has 2 bridgehead atoms. The van der Waals surface area contributed by atoms with Crippen LogP contribution in [0.25, 0.3) is 11.3 Å². The Hall–Kier alpha value is -6.93. The molecule has 0 radical (unpaired) electrons. The van der Waals surface area contributed by atoms with Crippen molar-refractivity contribution in [3.05, 3.63) is 113 Å². The van der Waals surface area contributed by atoms with Crippen LogP contribution in [0.3, 0.4) is 0 Å². The minimum absolute atomic E-state index is 0.0966. The number of aromatic nitrogens is 2. The number of alkyl halides is 3. The van der Waals surface area contributed by atoms with Crippen LogP contribution in [-0.4, -0.2) is 145 Å². The molecule has 17 nitrogen and oxygen atoms in total. The monoisotopic (exact) mass is 1060 g/mol. The summed E-state index contributed by atoms with van der Waals surface area (Å²) >= 11 is 0. The Balaban J connectivity index is 1.15. The largest absolute Gasteiger partial charge is 0.453 e. The second-order valence-electron chi connectivity index (χ2n) is 20.9. The van der Waals surface area contributed by atoms with Crippen molar-refractivity contribution < 1.29 is 60.4 Å².